The molecule has 2 aromatic carbocycles. The van der Waals surface area contributed by atoms with Crippen molar-refractivity contribution in [2.45, 2.75) is 13.5 Å². The van der Waals surface area contributed by atoms with Crippen LogP contribution in [0.4, 0.5) is 11.4 Å². The lowest BCUT2D eigenvalue weighted by molar-refractivity contribution is 0.342. The molecule has 20 heavy (non-hydrogen) atoms. The number of nitrogens with two attached hydrogens (primary N) is 1. The molecule has 0 saturated carbocycles. The fourth-order valence-electron chi connectivity index (χ4n) is 2.14. The van der Waals surface area contributed by atoms with Crippen molar-refractivity contribution in [1.29, 1.82) is 0 Å². The Labute approximate surface area is 128 Å². The van der Waals surface area contributed by atoms with Crippen LogP contribution in [-0.2, 0) is 6.54 Å². The molecule has 0 saturated heterocycles. The lowest BCUT2D eigenvalue weighted by Crippen LogP contribution is -2.18. The number of ether oxygens (including phenoxy) is 1. The molecule has 0 bridgehead atoms. The number of hydrogen-bond acceptors (Lipinski definition) is 3. The van der Waals surface area contributed by atoms with Gasteiger partial charge < -0.3 is 15.4 Å². The molecule has 0 radical (unpaired) electrons. The third-order valence-electron chi connectivity index (χ3n) is 3.06. The number of anilines is 2. The van der Waals surface area contributed by atoms with Crippen LogP contribution in [0.5, 0.6) is 5.75 Å². The van der Waals surface area contributed by atoms with Gasteiger partial charge in [-0.25, -0.2) is 0 Å². The first-order chi connectivity index (χ1) is 9.61. The van der Waals surface area contributed by atoms with Crippen LogP contribution in [0.3, 0.4) is 0 Å². The third kappa shape index (κ3) is 3.45. The fraction of sp³-hybridized carbons (Fsp3) is 0.250. The minimum atomic E-state index is 0.614. The van der Waals surface area contributed by atoms with Gasteiger partial charge in [0, 0.05) is 18.1 Å². The van der Waals surface area contributed by atoms with Crippen LogP contribution in [0.2, 0.25) is 0 Å². The molecule has 0 aliphatic carbocycles. The Morgan fingerprint density at radius 1 is 1.20 bits per heavy atom. The second-order valence-corrected chi connectivity index (χ2v) is 5.52. The Bertz CT molecular complexity index is 586. The number of para-hydroxylation sites is 1. The van der Waals surface area contributed by atoms with Gasteiger partial charge in [0.1, 0.15) is 5.75 Å². The van der Waals surface area contributed by atoms with Crippen LogP contribution in [-0.4, -0.2) is 13.7 Å². The Hall–Kier alpha value is -1.68. The Balaban J connectivity index is 2.21. The summed E-state index contributed by atoms with van der Waals surface area (Å²) in [6.07, 6.45) is 0. The smallest absolute Gasteiger partial charge is 0.144 e. The molecule has 0 aromatic heterocycles. The SMILES string of the molecule is CCOc1cccc(N(C)Cc2cccc(Br)c2)c1N. The van der Waals surface area contributed by atoms with Gasteiger partial charge in [-0.1, -0.05) is 34.1 Å². The molecule has 3 nitrogen and oxygen atoms in total. The lowest BCUT2D eigenvalue weighted by atomic mass is 10.2. The average molecular weight is 335 g/mol. The molecular formula is C16H19BrN2O. The summed E-state index contributed by atoms with van der Waals surface area (Å²) >= 11 is 3.49. The van der Waals surface area contributed by atoms with Gasteiger partial charge in [-0.05, 0) is 36.8 Å². The number of halogens is 1. The van der Waals surface area contributed by atoms with E-state index in [4.69, 9.17) is 10.5 Å². The zero-order valence-corrected chi connectivity index (χ0v) is 13.4. The van der Waals surface area contributed by atoms with Crippen molar-refractivity contribution < 1.29 is 4.74 Å². The summed E-state index contributed by atoms with van der Waals surface area (Å²) in [7, 11) is 2.03. The molecule has 0 unspecified atom stereocenters. The molecular weight excluding hydrogens is 316 g/mol. The van der Waals surface area contributed by atoms with Gasteiger partial charge in [-0.3, -0.25) is 0 Å². The maximum Gasteiger partial charge on any atom is 0.144 e. The first kappa shape index (κ1) is 14.7. The van der Waals surface area contributed by atoms with E-state index in [1.165, 1.54) is 5.56 Å². The van der Waals surface area contributed by atoms with E-state index in [-0.39, 0.29) is 0 Å². The van der Waals surface area contributed by atoms with Crippen LogP contribution in [0, 0.1) is 0 Å². The van der Waals surface area contributed by atoms with Crippen molar-refractivity contribution in [2.75, 3.05) is 24.3 Å². The van der Waals surface area contributed by atoms with Crippen LogP contribution in [0.1, 0.15) is 12.5 Å². The van der Waals surface area contributed by atoms with Crippen molar-refractivity contribution >= 4 is 27.3 Å². The van der Waals surface area contributed by atoms with Gasteiger partial charge in [0.15, 0.2) is 0 Å². The summed E-state index contributed by atoms with van der Waals surface area (Å²) in [6, 6.07) is 14.1. The molecule has 0 amide bonds. The molecule has 0 heterocycles. The van der Waals surface area contributed by atoms with Crippen molar-refractivity contribution in [2.24, 2.45) is 0 Å². The van der Waals surface area contributed by atoms with E-state index in [2.05, 4.69) is 33.0 Å². The van der Waals surface area contributed by atoms with Gasteiger partial charge in [0.05, 0.1) is 18.0 Å². The highest BCUT2D eigenvalue weighted by Gasteiger charge is 2.10. The molecule has 2 aromatic rings. The molecule has 4 heteroatoms. The summed E-state index contributed by atoms with van der Waals surface area (Å²) in [5, 5.41) is 0. The predicted molar refractivity (Wildman–Crippen MR) is 88.3 cm³/mol. The van der Waals surface area contributed by atoms with Crippen LogP contribution >= 0.6 is 15.9 Å². The van der Waals surface area contributed by atoms with Gasteiger partial charge in [0.25, 0.3) is 0 Å². The Morgan fingerprint density at radius 2 is 1.95 bits per heavy atom. The molecule has 0 aliphatic heterocycles. The first-order valence-corrected chi connectivity index (χ1v) is 7.38. The summed E-state index contributed by atoms with van der Waals surface area (Å²) in [4.78, 5) is 2.12. The Morgan fingerprint density at radius 3 is 2.65 bits per heavy atom. The zero-order valence-electron chi connectivity index (χ0n) is 11.8. The van der Waals surface area contributed by atoms with E-state index in [9.17, 15) is 0 Å². The number of nitrogens with zero attached hydrogens (tertiary/aromatic N) is 1. The largest absolute Gasteiger partial charge is 0.492 e. The number of nitrogen functional groups attached to an aromatic ring is 1. The topological polar surface area (TPSA) is 38.5 Å². The van der Waals surface area contributed by atoms with Gasteiger partial charge in [0.2, 0.25) is 0 Å². The number of hydrogen-bond donors (Lipinski definition) is 1. The van der Waals surface area contributed by atoms with E-state index >= 15 is 0 Å². The van der Waals surface area contributed by atoms with Crippen LogP contribution < -0.4 is 15.4 Å². The average Bonchev–Trinajstić information content (AvgIpc) is 2.41. The molecule has 0 spiro atoms. The van der Waals surface area contributed by atoms with E-state index in [0.29, 0.717) is 12.3 Å². The van der Waals surface area contributed by atoms with Gasteiger partial charge >= 0.3 is 0 Å². The quantitative estimate of drug-likeness (QED) is 0.837. The molecule has 0 fully saturated rings. The highest BCUT2D eigenvalue weighted by Crippen LogP contribution is 2.32. The number of benzene rings is 2. The second kappa shape index (κ2) is 6.66. The van der Waals surface area contributed by atoms with E-state index in [1.807, 2.05) is 44.3 Å². The first-order valence-electron chi connectivity index (χ1n) is 6.58. The zero-order chi connectivity index (χ0) is 14.5. The van der Waals surface area contributed by atoms with E-state index in [0.717, 1.165) is 22.5 Å². The Kier molecular flexibility index (Phi) is 4.90. The summed E-state index contributed by atoms with van der Waals surface area (Å²) in [6.45, 7) is 3.36. The van der Waals surface area contributed by atoms with Crippen molar-refractivity contribution in [3.63, 3.8) is 0 Å². The lowest BCUT2D eigenvalue weighted by Gasteiger charge is -2.22. The van der Waals surface area contributed by atoms with Crippen LogP contribution in [0.15, 0.2) is 46.9 Å². The van der Waals surface area contributed by atoms with Crippen molar-refractivity contribution in [3.8, 4) is 5.75 Å². The normalized spacial score (nSPS) is 10.3. The maximum absolute atomic E-state index is 6.18. The van der Waals surface area contributed by atoms with Crippen molar-refractivity contribution in [1.82, 2.24) is 0 Å². The fourth-order valence-corrected chi connectivity index (χ4v) is 2.59. The number of rotatable bonds is 5. The van der Waals surface area contributed by atoms with Crippen molar-refractivity contribution in [3.05, 3.63) is 52.5 Å². The van der Waals surface area contributed by atoms with E-state index in [1.54, 1.807) is 0 Å². The second-order valence-electron chi connectivity index (χ2n) is 4.61. The molecule has 2 rings (SSSR count). The monoisotopic (exact) mass is 334 g/mol. The molecule has 0 aliphatic rings. The summed E-state index contributed by atoms with van der Waals surface area (Å²) in [5.74, 6) is 0.742. The summed E-state index contributed by atoms with van der Waals surface area (Å²) in [5.41, 5.74) is 9.07. The third-order valence-corrected chi connectivity index (χ3v) is 3.56. The molecule has 106 valence electrons. The minimum Gasteiger partial charge on any atom is -0.492 e. The predicted octanol–water partition coefficient (Wildman–Crippen LogP) is 4.07. The van der Waals surface area contributed by atoms with Gasteiger partial charge in [-0.2, -0.15) is 0 Å². The highest BCUT2D eigenvalue weighted by molar-refractivity contribution is 9.10. The highest BCUT2D eigenvalue weighted by atomic mass is 79.9. The van der Waals surface area contributed by atoms with Crippen LogP contribution in [0.25, 0.3) is 0 Å². The molecule has 2 N–H and O–H groups in total. The van der Waals surface area contributed by atoms with E-state index < -0.39 is 0 Å². The minimum absolute atomic E-state index is 0.614. The summed E-state index contributed by atoms with van der Waals surface area (Å²) < 4.78 is 6.62. The standard InChI is InChI=1S/C16H19BrN2O/c1-3-20-15-9-5-8-14(16(15)18)19(2)11-12-6-4-7-13(17)10-12/h4-10H,3,11,18H2,1-2H3. The van der Waals surface area contributed by atoms with Gasteiger partial charge in [-0.15, -0.1) is 0 Å². The molecule has 0 atom stereocenters. The maximum atomic E-state index is 6.18.